The van der Waals surface area contributed by atoms with Crippen molar-refractivity contribution >= 4 is 130 Å². The summed E-state index contributed by atoms with van der Waals surface area (Å²) in [6.45, 7) is 22.9. The molecule has 1 N–H and O–H groups in total. The Bertz CT molecular complexity index is 5270. The number of aliphatic hydroxyl groups is 1. The Kier molecular flexibility index (Phi) is 31.4. The largest absolute Gasteiger partial charge is 0.512 e. The van der Waals surface area contributed by atoms with Gasteiger partial charge in [-0.05, 0) is 145 Å². The average molecular weight is 2080 g/mol. The van der Waals surface area contributed by atoms with E-state index < -0.39 is 55.0 Å². The van der Waals surface area contributed by atoms with Crippen molar-refractivity contribution in [3.8, 4) is 22.5 Å². The molecule has 0 spiro atoms. The van der Waals surface area contributed by atoms with Crippen molar-refractivity contribution in [2.75, 3.05) is 0 Å². The first kappa shape index (κ1) is 81.4. The third kappa shape index (κ3) is 25.7. The Morgan fingerprint density at radius 1 is 0.442 bits per heavy atom. The molecular weight excluding hydrogens is 1960 g/mol. The molecule has 18 nitrogen and oxygen atoms in total. The molecule has 6 aromatic carbocycles. The fourth-order valence-corrected chi connectivity index (χ4v) is 12.3. The molecule has 21 heteroatoms. The minimum absolute atomic E-state index is 0. The summed E-state index contributed by atoms with van der Waals surface area (Å²) in [5.74, 6) is -2.21. The molecule has 2 aliphatic rings. The SMILES string of the molecule is CC(=O)C(C)C(C)=O.CC(=O)C=C(C)O.CC(=O)CC(C)=O.CC(=O)[CH-]C(C)=O.CC(=O)[CH-]C(C)=O.CC(=O)[CH-]C(C)=O.CC(=O)[CH-]C(C)=O.[2H]C([2H])([2H])c1ccc2c3c1c1ccc[c-]c1c1nc(-c4ccccc4)c(n13)C(C)(C([2H])([2H])[2H])C2(C)C.[2H]C([2H])([2H])c1ccc2c3c1c1ccccc1c1nc(-c4ccccc4)c(n13)C(C)(C([2H])([2H])[2H])C2(C)C.[Ir].[Ir].[Ir]. The van der Waals surface area contributed by atoms with Gasteiger partial charge < -0.3 is 47.9 Å². The van der Waals surface area contributed by atoms with Crippen molar-refractivity contribution < 1.29 is 144 Å². The summed E-state index contributed by atoms with van der Waals surface area (Å²) in [5.41, 5.74) is 4.43. The molecule has 113 heavy (non-hydrogen) atoms. The maximum Gasteiger partial charge on any atom is 0.155 e. The number of carbonyl (C=O) groups is 13. The molecule has 0 fully saturated rings. The van der Waals surface area contributed by atoms with Crippen LogP contribution in [0.4, 0.5) is 0 Å². The maximum atomic E-state index is 10.4. The van der Waals surface area contributed by atoms with Crippen LogP contribution in [-0.2, 0) is 144 Å². The van der Waals surface area contributed by atoms with Crippen molar-refractivity contribution in [2.45, 2.75) is 201 Å². The van der Waals surface area contributed by atoms with Gasteiger partial charge in [0.25, 0.3) is 0 Å². The standard InChI is InChI=1S/C28H26N2.C28H25N2.C6H10O2.2C5H8O2.4C5H7O2.3Ir/c2*1-17-15-16-21-24-22(17)19-13-9-10-14-20(19)26-29-23(18-11-7-6-8-12-18)25(30(24)26)28(4,5)27(21,2)3;1-4(5(2)7)6(3)8;6*1-4(6)3-5(2)7;;;/h6-16H,1-5H3;6-13,15-16H,1-5H3;4H,1-3H3;3H2,1-2H3;3,6H,1-2H3;4*3H,1-2H3;;;/q;-1;;;;4*-1;;;/i2*1D3,4D3;;;;;;;;;;. The van der Waals surface area contributed by atoms with E-state index in [4.69, 9.17) is 31.5 Å². The van der Waals surface area contributed by atoms with Gasteiger partial charge in [-0.15, -0.1) is 29.7 Å². The number of nitrogens with zero attached hydrogens (tertiary/aromatic N) is 4. The first-order valence-corrected chi connectivity index (χ1v) is 35.1. The zero-order valence-corrected chi connectivity index (χ0v) is 74.5. The molecule has 0 bridgehead atoms. The minimum atomic E-state index is -2.38. The molecule has 2 aliphatic heterocycles. The topological polar surface area (TPSA) is 277 Å². The number of ketones is 13. The number of hydrogen-bond acceptors (Lipinski definition) is 16. The van der Waals surface area contributed by atoms with E-state index in [0.29, 0.717) is 55.7 Å². The number of aliphatic hydroxyl groups excluding tert-OH is 1. The third-order valence-corrected chi connectivity index (χ3v) is 18.0. The van der Waals surface area contributed by atoms with Crippen LogP contribution in [0.5, 0.6) is 0 Å². The first-order valence-electron chi connectivity index (χ1n) is 41.1. The molecular formula is C92H105Ir3N4O14-5. The number of pyridine rings is 2. The van der Waals surface area contributed by atoms with E-state index in [1.807, 2.05) is 140 Å². The molecule has 12 rings (SSSR count). The van der Waals surface area contributed by atoms with E-state index in [0.717, 1.165) is 69.6 Å². The number of aryl methyl sites for hydroxylation is 2. The number of allylic oxidation sites excluding steroid dienone is 2. The van der Waals surface area contributed by atoms with Crippen LogP contribution in [0.25, 0.3) is 77.2 Å². The number of rotatable bonds is 15. The van der Waals surface area contributed by atoms with E-state index in [1.54, 1.807) is 45.0 Å². The fraction of sp³-hybridized carbons (Fsp3) is 0.337. The fourth-order valence-electron chi connectivity index (χ4n) is 12.3. The van der Waals surface area contributed by atoms with Crippen LogP contribution >= 0.6 is 0 Å². The molecule has 6 heterocycles. The summed E-state index contributed by atoms with van der Waals surface area (Å²) in [4.78, 5) is 141. The van der Waals surface area contributed by atoms with Gasteiger partial charge in [0.1, 0.15) is 28.8 Å². The quantitative estimate of drug-likeness (QED) is 0.0328. The summed E-state index contributed by atoms with van der Waals surface area (Å²) >= 11 is 0. The van der Waals surface area contributed by atoms with E-state index in [-0.39, 0.29) is 159 Å². The Balaban J connectivity index is 0.000000804. The Morgan fingerprint density at radius 2 is 0.770 bits per heavy atom. The molecule has 10 aromatic rings. The second-order valence-electron chi connectivity index (χ2n) is 28.3. The van der Waals surface area contributed by atoms with Crippen molar-refractivity contribution in [1.82, 2.24) is 18.8 Å². The van der Waals surface area contributed by atoms with Gasteiger partial charge in [-0.2, -0.15) is 0 Å². The second-order valence-corrected chi connectivity index (χ2v) is 28.3. The van der Waals surface area contributed by atoms with Crippen LogP contribution in [0.15, 0.2) is 139 Å². The van der Waals surface area contributed by atoms with Crippen LogP contribution in [0, 0.1) is 51.4 Å². The smallest absolute Gasteiger partial charge is 0.155 e. The van der Waals surface area contributed by atoms with Gasteiger partial charge in [-0.3, -0.25) is 59.0 Å². The van der Waals surface area contributed by atoms with E-state index >= 15 is 0 Å². The van der Waals surface area contributed by atoms with Crippen molar-refractivity contribution in [2.24, 2.45) is 5.92 Å². The summed E-state index contributed by atoms with van der Waals surface area (Å²) in [5, 5.41) is 12.6. The molecule has 2 atom stereocenters. The number of hydrogen-bond donors (Lipinski definition) is 1. The van der Waals surface area contributed by atoms with Gasteiger partial charge in [0, 0.05) is 184 Å². The van der Waals surface area contributed by atoms with Crippen molar-refractivity contribution in [3.05, 3.63) is 205 Å². The number of Topliss-reactive ketones (excluding diaryl/α,β-unsaturated/α-hetero) is 12. The van der Waals surface area contributed by atoms with Crippen LogP contribution in [-0.4, -0.2) is 99.1 Å². The first-order chi connectivity index (χ1) is 55.9. The minimum Gasteiger partial charge on any atom is -0.512 e. The van der Waals surface area contributed by atoms with Gasteiger partial charge in [0.15, 0.2) is 5.78 Å². The predicted octanol–water partition coefficient (Wildman–Crippen LogP) is 18.0. The van der Waals surface area contributed by atoms with Gasteiger partial charge in [-0.25, -0.2) is 4.98 Å². The van der Waals surface area contributed by atoms with Crippen LogP contribution < -0.4 is 0 Å². The van der Waals surface area contributed by atoms with Crippen LogP contribution in [0.1, 0.15) is 216 Å². The van der Waals surface area contributed by atoms with E-state index in [2.05, 4.69) is 6.07 Å². The Hall–Kier alpha value is -9.58. The third-order valence-electron chi connectivity index (χ3n) is 18.0. The van der Waals surface area contributed by atoms with E-state index in [1.165, 1.54) is 103 Å². The number of fused-ring (bicyclic) bond motifs is 6. The Morgan fingerprint density at radius 3 is 1.05 bits per heavy atom. The van der Waals surface area contributed by atoms with Crippen LogP contribution in [0.3, 0.4) is 0 Å². The maximum absolute atomic E-state index is 10.4. The molecule has 4 aromatic heterocycles. The van der Waals surface area contributed by atoms with Gasteiger partial charge in [0.2, 0.25) is 0 Å². The zero-order valence-electron chi connectivity index (χ0n) is 79.3. The van der Waals surface area contributed by atoms with E-state index in [9.17, 15) is 62.3 Å². The number of aromatic nitrogens is 4. The molecule has 0 saturated carbocycles. The number of imidazole rings is 2. The summed E-state index contributed by atoms with van der Waals surface area (Å²) in [6.07, 6.45) is 5.47. The van der Waals surface area contributed by atoms with Crippen molar-refractivity contribution in [1.29, 1.82) is 0 Å². The van der Waals surface area contributed by atoms with Gasteiger partial charge >= 0.3 is 0 Å². The molecule has 0 saturated heterocycles. The Labute approximate surface area is 722 Å². The molecule has 0 amide bonds. The summed E-state index contributed by atoms with van der Waals surface area (Å²) in [6, 6.07) is 42.6. The second kappa shape index (κ2) is 43.6. The molecule has 0 aliphatic carbocycles. The number of benzene rings is 6. The number of carbonyl (C=O) groups excluding carboxylic acids is 13. The van der Waals surface area contributed by atoms with Gasteiger partial charge in [-0.1, -0.05) is 175 Å². The van der Waals surface area contributed by atoms with Gasteiger partial charge in [0.05, 0.1) is 46.3 Å². The molecule has 3 radical (unpaired) electrons. The average Bonchev–Trinajstić information content (AvgIpc) is 1.58. The summed E-state index contributed by atoms with van der Waals surface area (Å²) in [7, 11) is 0. The normalized spacial score (nSPS) is 16.4. The monoisotopic (exact) mass is 2080 g/mol. The predicted molar refractivity (Wildman–Crippen MR) is 438 cm³/mol. The molecule has 609 valence electrons. The van der Waals surface area contributed by atoms with Crippen molar-refractivity contribution in [3.63, 3.8) is 0 Å². The summed E-state index contributed by atoms with van der Waals surface area (Å²) < 4.78 is 106. The molecule has 2 unspecified atom stereocenters. The van der Waals surface area contributed by atoms with Crippen LogP contribution in [0.2, 0.25) is 0 Å². The zero-order chi connectivity index (χ0) is 93.6.